The molecular formula is C20H18ClN5O3S. The number of aryl methyl sites for hydroxylation is 2. The number of aliphatic imine (C=N–C) groups is 1. The van der Waals surface area contributed by atoms with Gasteiger partial charge in [0.05, 0.1) is 12.1 Å². The third kappa shape index (κ3) is 3.86. The zero-order chi connectivity index (χ0) is 21.4. The molecule has 1 aliphatic heterocycles. The summed E-state index contributed by atoms with van der Waals surface area (Å²) >= 11 is 7.66. The molecule has 0 aliphatic carbocycles. The third-order valence-corrected chi connectivity index (χ3v) is 5.95. The first-order valence-corrected chi connectivity index (χ1v) is 10.4. The van der Waals surface area contributed by atoms with Crippen molar-refractivity contribution in [3.63, 3.8) is 0 Å². The number of hydrogen-bond donors (Lipinski definition) is 2. The molecule has 2 aromatic heterocycles. The van der Waals surface area contributed by atoms with E-state index in [0.717, 1.165) is 26.7 Å². The van der Waals surface area contributed by atoms with E-state index in [0.29, 0.717) is 16.7 Å². The molecule has 8 nitrogen and oxygen atoms in total. The smallest absolute Gasteiger partial charge is 0.322 e. The molecule has 1 aromatic carbocycles. The van der Waals surface area contributed by atoms with Crippen LogP contribution in [0.2, 0.25) is 5.02 Å². The predicted molar refractivity (Wildman–Crippen MR) is 114 cm³/mol. The third-order valence-electron chi connectivity index (χ3n) is 4.66. The maximum atomic E-state index is 12.4. The first kappa shape index (κ1) is 20.2. The van der Waals surface area contributed by atoms with Crippen molar-refractivity contribution in [2.24, 2.45) is 4.99 Å². The fourth-order valence-electron chi connectivity index (χ4n) is 3.36. The minimum Gasteiger partial charge on any atom is -0.480 e. The number of aliphatic carboxylic acids is 1. The Morgan fingerprint density at radius 2 is 1.97 bits per heavy atom. The molecule has 2 N–H and O–H groups in total. The number of fused-ring (bicyclic) bond motifs is 3. The maximum Gasteiger partial charge on any atom is 0.322 e. The average molecular weight is 444 g/mol. The maximum absolute atomic E-state index is 12.4. The summed E-state index contributed by atoms with van der Waals surface area (Å²) in [5.41, 5.74) is 2.52. The number of benzene rings is 1. The normalized spacial score (nSPS) is 15.0. The molecule has 0 saturated heterocycles. The van der Waals surface area contributed by atoms with Crippen LogP contribution in [0.15, 0.2) is 35.3 Å². The van der Waals surface area contributed by atoms with Crippen LogP contribution in [0.1, 0.15) is 40.1 Å². The largest absolute Gasteiger partial charge is 0.480 e. The number of hydrogen-bond acceptors (Lipinski definition) is 6. The van der Waals surface area contributed by atoms with Crippen molar-refractivity contribution in [3.05, 3.63) is 63.0 Å². The molecule has 0 saturated carbocycles. The van der Waals surface area contributed by atoms with Crippen molar-refractivity contribution in [2.75, 3.05) is 6.54 Å². The summed E-state index contributed by atoms with van der Waals surface area (Å²) in [6, 6.07) is 8.80. The number of halogens is 1. The van der Waals surface area contributed by atoms with Crippen molar-refractivity contribution < 1.29 is 14.7 Å². The molecule has 0 fully saturated rings. The minimum absolute atomic E-state index is 0.0452. The number of thiophene rings is 1. The van der Waals surface area contributed by atoms with E-state index in [2.05, 4.69) is 21.6 Å². The van der Waals surface area contributed by atoms with Gasteiger partial charge in [0.15, 0.2) is 5.82 Å². The monoisotopic (exact) mass is 443 g/mol. The van der Waals surface area contributed by atoms with Crippen LogP contribution in [0.3, 0.4) is 0 Å². The fraction of sp³-hybridized carbons (Fsp3) is 0.250. The lowest BCUT2D eigenvalue weighted by molar-refractivity contribution is -0.138. The van der Waals surface area contributed by atoms with Crippen LogP contribution >= 0.6 is 22.9 Å². The van der Waals surface area contributed by atoms with Gasteiger partial charge in [-0.3, -0.25) is 19.1 Å². The molecule has 30 heavy (non-hydrogen) atoms. The molecule has 1 amide bonds. The number of amides is 1. The van der Waals surface area contributed by atoms with E-state index >= 15 is 0 Å². The highest BCUT2D eigenvalue weighted by atomic mass is 35.5. The Hall–Kier alpha value is -3.04. The first-order chi connectivity index (χ1) is 14.3. The average Bonchev–Trinajstić information content (AvgIpc) is 3.23. The standard InChI is InChI=1S/C20H18ClN5O3S/c1-10-7-14-18(12-3-5-13(21)6-4-12)23-15(8-16(27)22-9-17(28)29)19-25-24-11(2)26(19)20(14)30-10/h3-7,15H,8-9H2,1-2H3,(H,22,27)(H,28,29)/t15-/m0/s1. The van der Waals surface area contributed by atoms with Gasteiger partial charge >= 0.3 is 5.97 Å². The van der Waals surface area contributed by atoms with Crippen LogP contribution in [-0.4, -0.2) is 44.0 Å². The molecule has 10 heteroatoms. The highest BCUT2D eigenvalue weighted by Crippen LogP contribution is 2.37. The van der Waals surface area contributed by atoms with Crippen molar-refractivity contribution in [2.45, 2.75) is 26.3 Å². The topological polar surface area (TPSA) is 109 Å². The highest BCUT2D eigenvalue weighted by Gasteiger charge is 2.31. The second-order valence-electron chi connectivity index (χ2n) is 6.89. The molecular weight excluding hydrogens is 426 g/mol. The van der Waals surface area contributed by atoms with Crippen LogP contribution in [-0.2, 0) is 9.59 Å². The number of carbonyl (C=O) groups excluding carboxylic acids is 1. The van der Waals surface area contributed by atoms with E-state index in [9.17, 15) is 9.59 Å². The summed E-state index contributed by atoms with van der Waals surface area (Å²) < 4.78 is 1.93. The van der Waals surface area contributed by atoms with Gasteiger partial charge in [-0.15, -0.1) is 21.5 Å². The van der Waals surface area contributed by atoms with E-state index in [-0.39, 0.29) is 6.42 Å². The van der Waals surface area contributed by atoms with Gasteiger partial charge in [-0.2, -0.15) is 0 Å². The Morgan fingerprint density at radius 1 is 1.23 bits per heavy atom. The zero-order valence-corrected chi connectivity index (χ0v) is 17.8. The number of carboxylic acid groups (broad SMARTS) is 1. The van der Waals surface area contributed by atoms with Crippen molar-refractivity contribution in [3.8, 4) is 5.00 Å². The van der Waals surface area contributed by atoms with Crippen molar-refractivity contribution in [1.29, 1.82) is 0 Å². The van der Waals surface area contributed by atoms with E-state index in [4.69, 9.17) is 21.7 Å². The van der Waals surface area contributed by atoms with E-state index in [1.54, 1.807) is 23.5 Å². The number of nitrogens with one attached hydrogen (secondary N) is 1. The van der Waals surface area contributed by atoms with Gasteiger partial charge in [0.1, 0.15) is 23.4 Å². The molecule has 0 bridgehead atoms. The molecule has 3 heterocycles. The molecule has 0 spiro atoms. The molecule has 4 rings (SSSR count). The Balaban J connectivity index is 1.83. The van der Waals surface area contributed by atoms with Crippen LogP contribution in [0.5, 0.6) is 0 Å². The first-order valence-electron chi connectivity index (χ1n) is 9.19. The highest BCUT2D eigenvalue weighted by molar-refractivity contribution is 7.15. The van der Waals surface area contributed by atoms with Crippen LogP contribution in [0.4, 0.5) is 0 Å². The predicted octanol–water partition coefficient (Wildman–Crippen LogP) is 3.08. The van der Waals surface area contributed by atoms with Crippen molar-refractivity contribution >= 4 is 40.5 Å². The number of carbonyl (C=O) groups is 2. The van der Waals surface area contributed by atoms with Crippen LogP contribution in [0, 0.1) is 13.8 Å². The zero-order valence-electron chi connectivity index (χ0n) is 16.2. The summed E-state index contributed by atoms with van der Waals surface area (Å²) in [6.07, 6.45) is -0.0452. The van der Waals surface area contributed by atoms with Gasteiger partial charge in [0.2, 0.25) is 5.91 Å². The summed E-state index contributed by atoms with van der Waals surface area (Å²) in [5.74, 6) is -0.289. The van der Waals surface area contributed by atoms with Crippen molar-refractivity contribution in [1.82, 2.24) is 20.1 Å². The summed E-state index contributed by atoms with van der Waals surface area (Å²) in [5, 5.41) is 21.3. The lowest BCUT2D eigenvalue weighted by atomic mass is 10.0. The Kier molecular flexibility index (Phi) is 5.40. The summed E-state index contributed by atoms with van der Waals surface area (Å²) in [6.45, 7) is 3.43. The molecule has 0 unspecified atom stereocenters. The Morgan fingerprint density at radius 3 is 2.67 bits per heavy atom. The van der Waals surface area contributed by atoms with Gasteiger partial charge in [-0.1, -0.05) is 23.7 Å². The van der Waals surface area contributed by atoms with Crippen LogP contribution < -0.4 is 5.32 Å². The van der Waals surface area contributed by atoms with Gasteiger partial charge in [-0.25, -0.2) is 0 Å². The molecule has 1 atom stereocenters. The second-order valence-corrected chi connectivity index (χ2v) is 8.56. The Bertz CT molecular complexity index is 1170. The number of rotatable bonds is 5. The number of nitrogens with zero attached hydrogens (tertiary/aromatic N) is 4. The molecule has 3 aromatic rings. The number of carboxylic acids is 1. The van der Waals surface area contributed by atoms with Crippen LogP contribution in [0.25, 0.3) is 5.00 Å². The van der Waals surface area contributed by atoms with Gasteiger partial charge in [0, 0.05) is 21.0 Å². The summed E-state index contributed by atoms with van der Waals surface area (Å²) in [4.78, 5) is 29.2. The minimum atomic E-state index is -1.11. The molecule has 1 aliphatic rings. The quantitative estimate of drug-likeness (QED) is 0.629. The second kappa shape index (κ2) is 8.00. The molecule has 0 radical (unpaired) electrons. The molecule has 154 valence electrons. The summed E-state index contributed by atoms with van der Waals surface area (Å²) in [7, 11) is 0. The van der Waals surface area contributed by atoms with E-state index in [1.807, 2.05) is 30.5 Å². The van der Waals surface area contributed by atoms with Gasteiger partial charge in [0.25, 0.3) is 0 Å². The Labute approximate surface area is 181 Å². The van der Waals surface area contributed by atoms with Gasteiger partial charge in [-0.05, 0) is 32.0 Å². The SMILES string of the molecule is Cc1cc2c(s1)-n1c(C)nnc1[C@H](CC(=O)NCC(=O)O)N=C2c1ccc(Cl)cc1. The fourth-order valence-corrected chi connectivity index (χ4v) is 4.55. The lowest BCUT2D eigenvalue weighted by Gasteiger charge is -2.12. The lowest BCUT2D eigenvalue weighted by Crippen LogP contribution is -2.30. The van der Waals surface area contributed by atoms with E-state index in [1.165, 1.54) is 0 Å². The number of aromatic nitrogens is 3. The van der Waals surface area contributed by atoms with Gasteiger partial charge < -0.3 is 10.4 Å². The van der Waals surface area contributed by atoms with E-state index < -0.39 is 24.5 Å².